The molecule has 0 saturated heterocycles. The fourth-order valence-corrected chi connectivity index (χ4v) is 1.12. The van der Waals surface area contributed by atoms with Crippen LogP contribution in [-0.4, -0.2) is 21.0 Å². The molecule has 2 rings (SSSR count). The molecule has 0 aliphatic heterocycles. The number of rotatable bonds is 2. The van der Waals surface area contributed by atoms with Crippen LogP contribution >= 0.6 is 0 Å². The summed E-state index contributed by atoms with van der Waals surface area (Å²) in [5, 5.41) is 3.28. The molecule has 1 heterocycles. The highest BCUT2D eigenvalue weighted by Gasteiger charge is 1.92. The van der Waals surface area contributed by atoms with Crippen molar-refractivity contribution >= 4 is 11.4 Å². The van der Waals surface area contributed by atoms with E-state index in [4.69, 9.17) is 5.73 Å². The van der Waals surface area contributed by atoms with Crippen molar-refractivity contribution in [3.05, 3.63) is 43.2 Å². The van der Waals surface area contributed by atoms with E-state index in [1.807, 2.05) is 24.3 Å². The second-order valence-electron chi connectivity index (χ2n) is 3.71. The predicted molar refractivity (Wildman–Crippen MR) is 69.4 cm³/mol. The number of aromatic nitrogens is 3. The van der Waals surface area contributed by atoms with Gasteiger partial charge in [-0.3, -0.25) is 0 Å². The Morgan fingerprint density at radius 1 is 0.941 bits per heavy atom. The minimum absolute atomic E-state index is 0.471. The zero-order chi connectivity index (χ0) is 12.5. The van der Waals surface area contributed by atoms with Gasteiger partial charge in [-0.2, -0.15) is 0 Å². The van der Waals surface area contributed by atoms with Gasteiger partial charge in [0.05, 0.1) is 0 Å². The number of nitrogens with one attached hydrogen (secondary N) is 1. The molecule has 0 bridgehead atoms. The number of anilines is 2. The first kappa shape index (κ1) is 12.9. The molecule has 0 unspecified atom stereocenters. The lowest BCUT2D eigenvalue weighted by molar-refractivity contribution is 0.900. The molecule has 0 atom stereocenters. The van der Waals surface area contributed by atoms with E-state index < -0.39 is 0 Å². The predicted octanol–water partition coefficient (Wildman–Crippen LogP) is 1.96. The third-order valence-corrected chi connectivity index (χ3v) is 1.77. The van der Waals surface area contributed by atoms with Crippen LogP contribution in [0.5, 0.6) is 0 Å². The van der Waals surface area contributed by atoms with E-state index in [1.54, 1.807) is 0 Å². The van der Waals surface area contributed by atoms with Crippen molar-refractivity contribution in [3.8, 4) is 0 Å². The first-order chi connectivity index (χ1) is 8.18. The standard InChI is InChI=1S/C9H14N2.C3H3N3/c1-7(2)11-9-5-3-8(10)4-6-9;1-4-2-6-3-5-1/h3-7,11H,10H2,1-2H3;1-3H. The molecule has 1 aromatic heterocycles. The SMILES string of the molecule is CC(C)Nc1ccc(N)cc1.c1ncncn1. The fraction of sp³-hybridized carbons (Fsp3) is 0.250. The van der Waals surface area contributed by atoms with Crippen LogP contribution in [0.3, 0.4) is 0 Å². The number of benzene rings is 1. The Hall–Kier alpha value is -2.17. The van der Waals surface area contributed by atoms with Gasteiger partial charge in [-0.15, -0.1) is 0 Å². The average molecular weight is 231 g/mol. The molecule has 5 nitrogen and oxygen atoms in total. The van der Waals surface area contributed by atoms with Crippen LogP contribution in [-0.2, 0) is 0 Å². The van der Waals surface area contributed by atoms with Gasteiger partial charge in [0.2, 0.25) is 0 Å². The maximum Gasteiger partial charge on any atom is 0.119 e. The molecule has 3 N–H and O–H groups in total. The largest absolute Gasteiger partial charge is 0.399 e. The summed E-state index contributed by atoms with van der Waals surface area (Å²) in [4.78, 5) is 10.7. The lowest BCUT2D eigenvalue weighted by atomic mass is 10.2. The summed E-state index contributed by atoms with van der Waals surface area (Å²) >= 11 is 0. The summed E-state index contributed by atoms with van der Waals surface area (Å²) in [5.41, 5.74) is 7.45. The second kappa shape index (κ2) is 7.16. The van der Waals surface area contributed by atoms with Crippen molar-refractivity contribution in [1.29, 1.82) is 0 Å². The molecule has 0 aliphatic rings. The molecule has 0 fully saturated rings. The van der Waals surface area contributed by atoms with Gasteiger partial charge >= 0.3 is 0 Å². The molecule has 17 heavy (non-hydrogen) atoms. The third-order valence-electron chi connectivity index (χ3n) is 1.77. The number of nitrogen functional groups attached to an aromatic ring is 1. The molecule has 0 aliphatic carbocycles. The van der Waals surface area contributed by atoms with Crippen LogP contribution < -0.4 is 11.1 Å². The number of hydrogen-bond acceptors (Lipinski definition) is 5. The number of nitrogens with two attached hydrogens (primary N) is 1. The van der Waals surface area contributed by atoms with Gasteiger partial charge in [0.1, 0.15) is 19.0 Å². The summed E-state index contributed by atoms with van der Waals surface area (Å²) < 4.78 is 0. The monoisotopic (exact) mass is 231 g/mol. The van der Waals surface area contributed by atoms with Crippen LogP contribution in [0.15, 0.2) is 43.2 Å². The molecule has 90 valence electrons. The Morgan fingerprint density at radius 2 is 1.41 bits per heavy atom. The van der Waals surface area contributed by atoms with E-state index in [0.29, 0.717) is 6.04 Å². The summed E-state index contributed by atoms with van der Waals surface area (Å²) in [7, 11) is 0. The normalized spacial score (nSPS) is 9.35. The minimum atomic E-state index is 0.471. The van der Waals surface area contributed by atoms with Crippen molar-refractivity contribution in [3.63, 3.8) is 0 Å². The summed E-state index contributed by atoms with van der Waals surface area (Å²) in [5.74, 6) is 0. The van der Waals surface area contributed by atoms with Crippen LogP contribution in [0, 0.1) is 0 Å². The third kappa shape index (κ3) is 6.09. The molecule has 0 radical (unpaired) electrons. The minimum Gasteiger partial charge on any atom is -0.399 e. The number of hydrogen-bond donors (Lipinski definition) is 2. The molecule has 0 saturated carbocycles. The maximum atomic E-state index is 5.53. The summed E-state index contributed by atoms with van der Waals surface area (Å²) in [6.07, 6.45) is 4.31. The van der Waals surface area contributed by atoms with Crippen molar-refractivity contribution in [1.82, 2.24) is 15.0 Å². The highest BCUT2D eigenvalue weighted by atomic mass is 14.9. The maximum absolute atomic E-state index is 5.53. The highest BCUT2D eigenvalue weighted by molar-refractivity contribution is 5.51. The van der Waals surface area contributed by atoms with Gasteiger partial charge in [0.15, 0.2) is 0 Å². The molecular formula is C12H17N5. The number of nitrogens with zero attached hydrogens (tertiary/aromatic N) is 3. The highest BCUT2D eigenvalue weighted by Crippen LogP contribution is 2.10. The van der Waals surface area contributed by atoms with E-state index in [-0.39, 0.29) is 0 Å². The van der Waals surface area contributed by atoms with Crippen LogP contribution in [0.2, 0.25) is 0 Å². The molecule has 2 aromatic rings. The first-order valence-corrected chi connectivity index (χ1v) is 5.35. The smallest absolute Gasteiger partial charge is 0.119 e. The van der Waals surface area contributed by atoms with Crippen molar-refractivity contribution in [2.75, 3.05) is 11.1 Å². The quantitative estimate of drug-likeness (QED) is 0.773. The van der Waals surface area contributed by atoms with Gasteiger partial charge < -0.3 is 11.1 Å². The van der Waals surface area contributed by atoms with Gasteiger partial charge in [-0.05, 0) is 38.1 Å². The Labute approximate surface area is 101 Å². The topological polar surface area (TPSA) is 76.7 Å². The molecule has 0 amide bonds. The van der Waals surface area contributed by atoms with E-state index in [2.05, 4.69) is 34.1 Å². The van der Waals surface area contributed by atoms with Gasteiger partial charge in [0.25, 0.3) is 0 Å². The molecule has 5 heteroatoms. The van der Waals surface area contributed by atoms with E-state index in [9.17, 15) is 0 Å². The fourth-order valence-electron chi connectivity index (χ4n) is 1.12. The molecular weight excluding hydrogens is 214 g/mol. The van der Waals surface area contributed by atoms with Crippen molar-refractivity contribution in [2.45, 2.75) is 19.9 Å². The van der Waals surface area contributed by atoms with Gasteiger partial charge in [0, 0.05) is 17.4 Å². The van der Waals surface area contributed by atoms with Gasteiger partial charge in [-0.1, -0.05) is 0 Å². The average Bonchev–Trinajstić information content (AvgIpc) is 2.35. The Morgan fingerprint density at radius 3 is 1.76 bits per heavy atom. The summed E-state index contributed by atoms with van der Waals surface area (Å²) in [6, 6.07) is 8.22. The van der Waals surface area contributed by atoms with Crippen LogP contribution in [0.4, 0.5) is 11.4 Å². The lowest BCUT2D eigenvalue weighted by Gasteiger charge is -2.09. The van der Waals surface area contributed by atoms with E-state index in [1.165, 1.54) is 19.0 Å². The summed E-state index contributed by atoms with van der Waals surface area (Å²) in [6.45, 7) is 4.21. The Balaban J connectivity index is 0.000000202. The van der Waals surface area contributed by atoms with Gasteiger partial charge in [-0.25, -0.2) is 15.0 Å². The van der Waals surface area contributed by atoms with Crippen LogP contribution in [0.1, 0.15) is 13.8 Å². The Bertz CT molecular complexity index is 372. The zero-order valence-corrected chi connectivity index (χ0v) is 10.0. The second-order valence-corrected chi connectivity index (χ2v) is 3.71. The van der Waals surface area contributed by atoms with E-state index in [0.717, 1.165) is 11.4 Å². The van der Waals surface area contributed by atoms with Crippen molar-refractivity contribution < 1.29 is 0 Å². The first-order valence-electron chi connectivity index (χ1n) is 5.35. The Kier molecular flexibility index (Phi) is 5.43. The zero-order valence-electron chi connectivity index (χ0n) is 10.0. The molecule has 1 aromatic carbocycles. The molecule has 0 spiro atoms. The van der Waals surface area contributed by atoms with Crippen molar-refractivity contribution in [2.24, 2.45) is 0 Å². The van der Waals surface area contributed by atoms with E-state index >= 15 is 0 Å². The lowest BCUT2D eigenvalue weighted by Crippen LogP contribution is -2.09. The van der Waals surface area contributed by atoms with Crippen LogP contribution in [0.25, 0.3) is 0 Å².